The lowest BCUT2D eigenvalue weighted by atomic mass is 10.1. The van der Waals surface area contributed by atoms with Crippen LogP contribution >= 0.6 is 0 Å². The van der Waals surface area contributed by atoms with E-state index >= 15 is 0 Å². The molecule has 2 rings (SSSR count). The van der Waals surface area contributed by atoms with Gasteiger partial charge in [0.25, 0.3) is 0 Å². The van der Waals surface area contributed by atoms with Gasteiger partial charge in [-0.15, -0.1) is 0 Å². The van der Waals surface area contributed by atoms with Crippen molar-refractivity contribution in [1.29, 1.82) is 0 Å². The molecule has 1 aliphatic heterocycles. The second kappa shape index (κ2) is 8.18. The lowest BCUT2D eigenvalue weighted by molar-refractivity contribution is 0.0281. The van der Waals surface area contributed by atoms with Crippen molar-refractivity contribution in [2.45, 2.75) is 39.2 Å². The highest BCUT2D eigenvalue weighted by atomic mass is 19.1. The second-order valence-electron chi connectivity index (χ2n) is 7.10. The maximum atomic E-state index is 14.1. The molecule has 0 bridgehead atoms. The molecule has 6 nitrogen and oxygen atoms in total. The first-order valence-corrected chi connectivity index (χ1v) is 8.31. The fourth-order valence-electron chi connectivity index (χ4n) is 2.49. The van der Waals surface area contributed by atoms with Crippen LogP contribution in [0.25, 0.3) is 0 Å². The summed E-state index contributed by atoms with van der Waals surface area (Å²) in [7, 11) is 0. The number of carbonyl (C=O) groups excluding carboxylic acids is 2. The van der Waals surface area contributed by atoms with Crippen molar-refractivity contribution >= 4 is 12.2 Å². The van der Waals surface area contributed by atoms with E-state index < -0.39 is 29.9 Å². The average molecular weight is 352 g/mol. The maximum absolute atomic E-state index is 14.1. The van der Waals surface area contributed by atoms with E-state index in [0.717, 1.165) is 5.56 Å². The van der Waals surface area contributed by atoms with E-state index in [1.165, 1.54) is 4.90 Å². The van der Waals surface area contributed by atoms with Crippen LogP contribution in [-0.2, 0) is 16.1 Å². The Morgan fingerprint density at radius 2 is 1.92 bits per heavy atom. The van der Waals surface area contributed by atoms with Gasteiger partial charge >= 0.3 is 12.2 Å². The van der Waals surface area contributed by atoms with E-state index in [-0.39, 0.29) is 26.2 Å². The number of rotatable bonds is 4. The van der Waals surface area contributed by atoms with Crippen LogP contribution in [-0.4, -0.2) is 48.5 Å². The van der Waals surface area contributed by atoms with Gasteiger partial charge in [0.2, 0.25) is 0 Å². The van der Waals surface area contributed by atoms with Gasteiger partial charge in [-0.2, -0.15) is 0 Å². The summed E-state index contributed by atoms with van der Waals surface area (Å²) in [4.78, 5) is 25.0. The molecule has 1 aromatic carbocycles. The first-order chi connectivity index (χ1) is 11.7. The van der Waals surface area contributed by atoms with Crippen molar-refractivity contribution in [1.82, 2.24) is 10.2 Å². The number of halogens is 1. The van der Waals surface area contributed by atoms with Gasteiger partial charge < -0.3 is 19.7 Å². The minimum absolute atomic E-state index is 0.0275. The van der Waals surface area contributed by atoms with E-state index in [4.69, 9.17) is 9.47 Å². The third kappa shape index (κ3) is 6.25. The number of amides is 2. The van der Waals surface area contributed by atoms with E-state index in [0.29, 0.717) is 0 Å². The number of alkyl carbamates (subject to hydrolysis) is 1. The second-order valence-corrected chi connectivity index (χ2v) is 7.10. The molecule has 1 fully saturated rings. The van der Waals surface area contributed by atoms with Gasteiger partial charge in [-0.25, -0.2) is 14.0 Å². The summed E-state index contributed by atoms with van der Waals surface area (Å²) in [5.41, 5.74) is 0.249. The number of hydrogen-bond donors (Lipinski definition) is 1. The number of ether oxygens (including phenoxy) is 2. The third-order valence-corrected chi connectivity index (χ3v) is 3.73. The lowest BCUT2D eigenvalue weighted by Crippen LogP contribution is -2.36. The van der Waals surface area contributed by atoms with Crippen molar-refractivity contribution in [2.24, 2.45) is 5.92 Å². The molecule has 1 saturated heterocycles. The zero-order valence-corrected chi connectivity index (χ0v) is 14.8. The standard InChI is InChI=1S/C18H25FN2O4/c1-18(2,3)25-17(23)21-10-14(15(19)11-21)9-20-16(22)24-12-13-7-5-4-6-8-13/h4-8,14-15H,9-12H2,1-3H3,(H,20,22)/t14-,15-/m1/s1. The molecule has 1 aromatic rings. The quantitative estimate of drug-likeness (QED) is 0.904. The van der Waals surface area contributed by atoms with Gasteiger partial charge in [-0.05, 0) is 26.3 Å². The minimum Gasteiger partial charge on any atom is -0.445 e. The van der Waals surface area contributed by atoms with Crippen molar-refractivity contribution in [2.75, 3.05) is 19.6 Å². The number of alkyl halides is 1. The molecule has 138 valence electrons. The van der Waals surface area contributed by atoms with Gasteiger partial charge in [0.1, 0.15) is 18.4 Å². The Morgan fingerprint density at radius 1 is 1.24 bits per heavy atom. The van der Waals surface area contributed by atoms with Crippen LogP contribution in [0.3, 0.4) is 0 Å². The van der Waals surface area contributed by atoms with Crippen LogP contribution in [0.4, 0.5) is 14.0 Å². The van der Waals surface area contributed by atoms with E-state index in [9.17, 15) is 14.0 Å². The molecule has 1 N–H and O–H groups in total. The molecule has 0 saturated carbocycles. The molecule has 0 unspecified atom stereocenters. The molecule has 7 heteroatoms. The smallest absolute Gasteiger partial charge is 0.410 e. The molecule has 1 aliphatic rings. The van der Waals surface area contributed by atoms with Gasteiger partial charge in [0.15, 0.2) is 0 Å². The minimum atomic E-state index is -1.21. The first kappa shape index (κ1) is 19.0. The van der Waals surface area contributed by atoms with Gasteiger partial charge in [0.05, 0.1) is 6.54 Å². The van der Waals surface area contributed by atoms with Crippen LogP contribution < -0.4 is 5.32 Å². The molecule has 0 spiro atoms. The molecule has 2 amide bonds. The molecule has 25 heavy (non-hydrogen) atoms. The number of nitrogens with one attached hydrogen (secondary N) is 1. The van der Waals surface area contributed by atoms with E-state index in [1.807, 2.05) is 30.3 Å². The Hall–Kier alpha value is -2.31. The first-order valence-electron chi connectivity index (χ1n) is 8.31. The Morgan fingerprint density at radius 3 is 2.56 bits per heavy atom. The number of hydrogen-bond acceptors (Lipinski definition) is 4. The molecule has 2 atom stereocenters. The highest BCUT2D eigenvalue weighted by Gasteiger charge is 2.37. The molecule has 1 heterocycles. The van der Waals surface area contributed by atoms with Crippen molar-refractivity contribution in [3.05, 3.63) is 35.9 Å². The summed E-state index contributed by atoms with van der Waals surface area (Å²) in [5.74, 6) is -0.475. The number of benzene rings is 1. The van der Waals surface area contributed by atoms with Crippen LogP contribution in [0.5, 0.6) is 0 Å². The van der Waals surface area contributed by atoms with Gasteiger partial charge in [0, 0.05) is 19.0 Å². The summed E-state index contributed by atoms with van der Waals surface area (Å²) in [6.07, 6.45) is -2.35. The van der Waals surface area contributed by atoms with Gasteiger partial charge in [-0.1, -0.05) is 30.3 Å². The molecule has 0 aliphatic carbocycles. The Bertz CT molecular complexity index is 588. The largest absolute Gasteiger partial charge is 0.445 e. The maximum Gasteiger partial charge on any atom is 0.410 e. The number of likely N-dealkylation sites (tertiary alicyclic amines) is 1. The number of nitrogens with zero attached hydrogens (tertiary/aromatic N) is 1. The Kier molecular flexibility index (Phi) is 6.22. The van der Waals surface area contributed by atoms with Crippen molar-refractivity contribution in [3.8, 4) is 0 Å². The zero-order valence-electron chi connectivity index (χ0n) is 14.8. The van der Waals surface area contributed by atoms with Gasteiger partial charge in [-0.3, -0.25) is 0 Å². The van der Waals surface area contributed by atoms with E-state index in [2.05, 4.69) is 5.32 Å². The summed E-state index contributed by atoms with van der Waals surface area (Å²) in [6.45, 7) is 5.71. The van der Waals surface area contributed by atoms with E-state index in [1.54, 1.807) is 20.8 Å². The lowest BCUT2D eigenvalue weighted by Gasteiger charge is -2.24. The predicted octanol–water partition coefficient (Wildman–Crippen LogP) is 3.12. The highest BCUT2D eigenvalue weighted by molar-refractivity contribution is 5.69. The summed E-state index contributed by atoms with van der Waals surface area (Å²) in [6, 6.07) is 9.28. The Balaban J connectivity index is 1.73. The Labute approximate surface area is 147 Å². The third-order valence-electron chi connectivity index (χ3n) is 3.73. The van der Waals surface area contributed by atoms with Crippen LogP contribution in [0.2, 0.25) is 0 Å². The molecule has 0 radical (unpaired) electrons. The van der Waals surface area contributed by atoms with Crippen LogP contribution in [0, 0.1) is 5.92 Å². The fraction of sp³-hybridized carbons (Fsp3) is 0.556. The van der Waals surface area contributed by atoms with Crippen molar-refractivity contribution in [3.63, 3.8) is 0 Å². The summed E-state index contributed by atoms with van der Waals surface area (Å²) >= 11 is 0. The molecular weight excluding hydrogens is 327 g/mol. The van der Waals surface area contributed by atoms with Crippen molar-refractivity contribution < 1.29 is 23.5 Å². The monoisotopic (exact) mass is 352 g/mol. The molecular formula is C18H25FN2O4. The summed E-state index contributed by atoms with van der Waals surface area (Å²) < 4.78 is 24.4. The topological polar surface area (TPSA) is 67.9 Å². The molecule has 0 aromatic heterocycles. The SMILES string of the molecule is CC(C)(C)OC(=O)N1C[C@@H](CNC(=O)OCc2ccccc2)[C@H](F)C1. The fourth-order valence-corrected chi connectivity index (χ4v) is 2.49. The number of carbonyl (C=O) groups is 2. The zero-order chi connectivity index (χ0) is 18.4. The normalized spacial score (nSPS) is 20.2. The van der Waals surface area contributed by atoms with Crippen LogP contribution in [0.15, 0.2) is 30.3 Å². The average Bonchev–Trinajstić information content (AvgIpc) is 2.91. The predicted molar refractivity (Wildman–Crippen MR) is 90.8 cm³/mol. The summed E-state index contributed by atoms with van der Waals surface area (Å²) in [5, 5.41) is 2.55. The van der Waals surface area contributed by atoms with Crippen LogP contribution in [0.1, 0.15) is 26.3 Å². The highest BCUT2D eigenvalue weighted by Crippen LogP contribution is 2.22.